The zero-order valence-electron chi connectivity index (χ0n) is 16.0. The molecule has 0 aliphatic carbocycles. The van der Waals surface area contributed by atoms with E-state index in [1.807, 2.05) is 20.2 Å². The van der Waals surface area contributed by atoms with Gasteiger partial charge in [0.25, 0.3) is 5.91 Å². The minimum absolute atomic E-state index is 0.00151. The molecule has 0 bridgehead atoms. The van der Waals surface area contributed by atoms with Crippen molar-refractivity contribution < 1.29 is 9.53 Å². The highest BCUT2D eigenvalue weighted by atomic mass is 32.1. The molecule has 29 heavy (non-hydrogen) atoms. The Morgan fingerprint density at radius 2 is 2.10 bits per heavy atom. The van der Waals surface area contributed by atoms with E-state index in [2.05, 4.69) is 25.4 Å². The largest absolute Gasteiger partial charge is 0.488 e. The number of rotatable bonds is 6. The number of carbonyl (C=O) groups is 1. The van der Waals surface area contributed by atoms with E-state index < -0.39 is 0 Å². The van der Waals surface area contributed by atoms with Crippen molar-refractivity contribution in [1.29, 1.82) is 0 Å². The van der Waals surface area contributed by atoms with E-state index in [-0.39, 0.29) is 22.7 Å². The molecule has 3 aromatic rings. The number of aromatic nitrogens is 3. The number of thiazole rings is 1. The summed E-state index contributed by atoms with van der Waals surface area (Å²) in [5.41, 5.74) is 0.564. The average Bonchev–Trinajstić information content (AvgIpc) is 3.41. The topological polar surface area (TPSA) is 100 Å². The zero-order valence-corrected chi connectivity index (χ0v) is 17.7. The van der Waals surface area contributed by atoms with Crippen molar-refractivity contribution in [3.63, 3.8) is 0 Å². The monoisotopic (exact) mass is 431 g/mol. The predicted molar refractivity (Wildman–Crippen MR) is 112 cm³/mol. The van der Waals surface area contributed by atoms with Crippen LogP contribution in [0.25, 0.3) is 0 Å². The van der Waals surface area contributed by atoms with Crippen LogP contribution >= 0.6 is 22.7 Å². The molecule has 1 aliphatic rings. The van der Waals surface area contributed by atoms with Gasteiger partial charge in [0.1, 0.15) is 17.4 Å². The number of hydrogen-bond acceptors (Lipinski definition) is 8. The third-order valence-corrected chi connectivity index (χ3v) is 6.52. The van der Waals surface area contributed by atoms with Gasteiger partial charge < -0.3 is 15.0 Å². The predicted octanol–water partition coefficient (Wildman–Crippen LogP) is 2.00. The van der Waals surface area contributed by atoms with E-state index in [1.54, 1.807) is 35.6 Å². The fourth-order valence-electron chi connectivity index (χ4n) is 3.38. The van der Waals surface area contributed by atoms with Crippen molar-refractivity contribution in [2.75, 3.05) is 20.1 Å². The van der Waals surface area contributed by atoms with Gasteiger partial charge in [-0.15, -0.1) is 11.3 Å². The number of benzene rings is 1. The van der Waals surface area contributed by atoms with Crippen LogP contribution in [0.1, 0.15) is 31.2 Å². The lowest BCUT2D eigenvalue weighted by Gasteiger charge is -2.18. The van der Waals surface area contributed by atoms with Gasteiger partial charge in [-0.25, -0.2) is 10.1 Å². The van der Waals surface area contributed by atoms with Crippen LogP contribution in [-0.2, 0) is 6.61 Å². The third kappa shape index (κ3) is 4.72. The van der Waals surface area contributed by atoms with Crippen LogP contribution in [0.2, 0.25) is 0 Å². The molecule has 0 spiro atoms. The maximum absolute atomic E-state index is 12.7. The number of ether oxygens (including phenoxy) is 1. The second kappa shape index (κ2) is 8.44. The second-order valence-corrected chi connectivity index (χ2v) is 9.33. The van der Waals surface area contributed by atoms with Crippen LogP contribution in [0.4, 0.5) is 0 Å². The molecule has 1 amide bonds. The van der Waals surface area contributed by atoms with Crippen molar-refractivity contribution in [2.45, 2.75) is 25.5 Å². The fraction of sp³-hybridized carbons (Fsp3) is 0.368. The first kappa shape index (κ1) is 19.7. The van der Waals surface area contributed by atoms with E-state index in [0.717, 1.165) is 32.8 Å². The van der Waals surface area contributed by atoms with Gasteiger partial charge in [-0.05, 0) is 38.2 Å². The molecular formula is C19H21N5O3S2. The normalized spacial score (nSPS) is 19.4. The lowest BCUT2D eigenvalue weighted by atomic mass is 10.0. The van der Waals surface area contributed by atoms with Crippen LogP contribution in [0.15, 0.2) is 35.3 Å². The smallest absolute Gasteiger partial charge is 0.322 e. The molecule has 0 saturated carbocycles. The molecule has 8 nitrogen and oxygen atoms in total. The average molecular weight is 432 g/mol. The molecule has 152 valence electrons. The second-order valence-electron chi connectivity index (χ2n) is 7.02. The highest BCUT2D eigenvalue weighted by Gasteiger charge is 2.35. The summed E-state index contributed by atoms with van der Waals surface area (Å²) in [5, 5.41) is 11.4. The SMILES string of the molecule is Cc1ncc(COc2ccc(C(=O)N[C@@H]3CN(C)CC3c3n[nH]c(=O)s3)cc2)s1. The number of aryl methyl sites for hydroxylation is 1. The summed E-state index contributed by atoms with van der Waals surface area (Å²) in [4.78, 5) is 31.4. The third-order valence-electron chi connectivity index (χ3n) is 4.76. The Kier molecular flexibility index (Phi) is 5.74. The number of aromatic amines is 1. The Morgan fingerprint density at radius 3 is 2.76 bits per heavy atom. The Hall–Kier alpha value is -2.56. The molecule has 0 radical (unpaired) electrons. The number of hydrogen-bond donors (Lipinski definition) is 2. The summed E-state index contributed by atoms with van der Waals surface area (Å²) in [6.45, 7) is 3.87. The van der Waals surface area contributed by atoms with Gasteiger partial charge in [-0.3, -0.25) is 9.59 Å². The van der Waals surface area contributed by atoms with Crippen molar-refractivity contribution in [3.8, 4) is 5.75 Å². The summed E-state index contributed by atoms with van der Waals surface area (Å²) in [5.74, 6) is 0.550. The number of carbonyl (C=O) groups excluding carboxylic acids is 1. The summed E-state index contributed by atoms with van der Waals surface area (Å²) >= 11 is 2.70. The van der Waals surface area contributed by atoms with Crippen molar-refractivity contribution in [2.24, 2.45) is 0 Å². The number of nitrogens with zero attached hydrogens (tertiary/aromatic N) is 3. The van der Waals surface area contributed by atoms with E-state index >= 15 is 0 Å². The van der Waals surface area contributed by atoms with Crippen molar-refractivity contribution in [3.05, 3.63) is 60.6 Å². The highest BCUT2D eigenvalue weighted by Crippen LogP contribution is 2.27. The fourth-order valence-corrected chi connectivity index (χ4v) is 4.85. The molecule has 1 fully saturated rings. The summed E-state index contributed by atoms with van der Waals surface area (Å²) in [6, 6.07) is 6.99. The molecular weight excluding hydrogens is 410 g/mol. The van der Waals surface area contributed by atoms with Crippen molar-refractivity contribution >= 4 is 28.6 Å². The molecule has 1 aliphatic heterocycles. The van der Waals surface area contributed by atoms with Crippen LogP contribution in [-0.4, -0.2) is 52.2 Å². The quantitative estimate of drug-likeness (QED) is 0.619. The lowest BCUT2D eigenvalue weighted by Crippen LogP contribution is -2.39. The van der Waals surface area contributed by atoms with Gasteiger partial charge in [0.15, 0.2) is 0 Å². The highest BCUT2D eigenvalue weighted by molar-refractivity contribution is 7.11. The minimum Gasteiger partial charge on any atom is -0.488 e. The Labute approximate surface area is 175 Å². The number of nitrogens with one attached hydrogen (secondary N) is 2. The van der Waals surface area contributed by atoms with Gasteiger partial charge in [-0.1, -0.05) is 11.3 Å². The Morgan fingerprint density at radius 1 is 1.31 bits per heavy atom. The number of amides is 1. The zero-order chi connectivity index (χ0) is 20.4. The number of likely N-dealkylation sites (N-methyl/N-ethyl adjacent to an activating group) is 1. The van der Waals surface area contributed by atoms with E-state index in [0.29, 0.717) is 24.5 Å². The molecule has 4 rings (SSSR count). The van der Waals surface area contributed by atoms with E-state index in [1.165, 1.54) is 0 Å². The molecule has 1 aromatic carbocycles. The van der Waals surface area contributed by atoms with Gasteiger partial charge in [0.2, 0.25) is 0 Å². The van der Waals surface area contributed by atoms with Crippen molar-refractivity contribution in [1.82, 2.24) is 25.4 Å². The summed E-state index contributed by atoms with van der Waals surface area (Å²) in [7, 11) is 1.99. The van der Waals surface area contributed by atoms with Crippen LogP contribution in [0.3, 0.4) is 0 Å². The molecule has 2 aromatic heterocycles. The summed E-state index contributed by atoms with van der Waals surface area (Å²) < 4.78 is 5.76. The maximum atomic E-state index is 12.7. The molecule has 10 heteroatoms. The molecule has 3 heterocycles. The first-order chi connectivity index (χ1) is 14.0. The number of H-pyrrole nitrogens is 1. The standard InChI is InChI=1S/C19H21N5O3S2/c1-11-20-7-14(28-11)10-27-13-5-3-12(4-6-13)17(25)21-16-9-24(2)8-15(16)18-22-23-19(26)29-18/h3-7,15-16H,8-10H2,1-2H3,(H,21,25)(H,23,26)/t15?,16-/m1/s1. The first-order valence-electron chi connectivity index (χ1n) is 9.17. The van der Waals surface area contributed by atoms with Crippen LogP contribution in [0.5, 0.6) is 5.75 Å². The Balaban J connectivity index is 1.38. The summed E-state index contributed by atoms with van der Waals surface area (Å²) in [6.07, 6.45) is 1.81. The van der Waals surface area contributed by atoms with E-state index in [9.17, 15) is 9.59 Å². The van der Waals surface area contributed by atoms with E-state index in [4.69, 9.17) is 4.74 Å². The minimum atomic E-state index is -0.177. The van der Waals surface area contributed by atoms with Gasteiger partial charge in [0.05, 0.1) is 15.9 Å². The van der Waals surface area contributed by atoms with Gasteiger partial charge in [-0.2, -0.15) is 5.10 Å². The molecule has 1 saturated heterocycles. The molecule has 1 unspecified atom stereocenters. The molecule has 2 atom stereocenters. The number of likely N-dealkylation sites (tertiary alicyclic amines) is 1. The van der Waals surface area contributed by atoms with Crippen LogP contribution < -0.4 is 14.9 Å². The molecule has 2 N–H and O–H groups in total. The van der Waals surface area contributed by atoms with Crippen LogP contribution in [0, 0.1) is 6.92 Å². The van der Waals surface area contributed by atoms with Gasteiger partial charge >= 0.3 is 4.87 Å². The lowest BCUT2D eigenvalue weighted by molar-refractivity contribution is 0.0935. The maximum Gasteiger partial charge on any atom is 0.322 e. The first-order valence-corrected chi connectivity index (χ1v) is 10.8. The Bertz CT molecular complexity index is 1040. The van der Waals surface area contributed by atoms with Gasteiger partial charge in [0, 0.05) is 30.8 Å².